The van der Waals surface area contributed by atoms with Crippen LogP contribution in [-0.2, 0) is 0 Å². The average Bonchev–Trinajstić information content (AvgIpc) is 3.39. The van der Waals surface area contributed by atoms with E-state index >= 15 is 0 Å². The zero-order valence-electron chi connectivity index (χ0n) is 26.2. The van der Waals surface area contributed by atoms with Crippen molar-refractivity contribution in [2.75, 3.05) is 0 Å². The van der Waals surface area contributed by atoms with Gasteiger partial charge in [0, 0.05) is 28.3 Å². The van der Waals surface area contributed by atoms with Crippen LogP contribution in [-0.4, -0.2) is 11.5 Å². The lowest BCUT2D eigenvalue weighted by Gasteiger charge is -2.27. The molecule has 0 aliphatic heterocycles. The van der Waals surface area contributed by atoms with Gasteiger partial charge in [0.25, 0.3) is 0 Å². The summed E-state index contributed by atoms with van der Waals surface area (Å²) in [6, 6.07) is 59.2. The van der Waals surface area contributed by atoms with E-state index in [4.69, 9.17) is 4.99 Å². The topological polar surface area (TPSA) is 29.4 Å². The number of hydrogen-bond donors (Lipinski definition) is 0. The highest BCUT2D eigenvalue weighted by Crippen LogP contribution is 2.46. The number of Topliss-reactive ketones (excluding diaryl/α,β-unsaturated/α-hetero) is 1. The van der Waals surface area contributed by atoms with Crippen LogP contribution < -0.4 is 0 Å². The van der Waals surface area contributed by atoms with Crippen LogP contribution >= 0.6 is 0 Å². The first kappa shape index (κ1) is 28.6. The van der Waals surface area contributed by atoms with Crippen LogP contribution in [0.15, 0.2) is 175 Å². The Morgan fingerprint density at radius 2 is 0.872 bits per heavy atom. The zero-order chi connectivity index (χ0) is 31.7. The molecule has 8 rings (SSSR count). The van der Waals surface area contributed by atoms with E-state index in [1.807, 2.05) is 24.3 Å². The summed E-state index contributed by atoms with van der Waals surface area (Å²) in [4.78, 5) is 19.8. The van der Waals surface area contributed by atoms with Gasteiger partial charge in [0.2, 0.25) is 5.78 Å². The van der Waals surface area contributed by atoms with E-state index in [1.165, 1.54) is 22.3 Å². The molecule has 7 aromatic carbocycles. The van der Waals surface area contributed by atoms with Gasteiger partial charge in [-0.25, -0.2) is 4.99 Å². The highest BCUT2D eigenvalue weighted by Gasteiger charge is 2.32. The SMILES string of the molecule is Cc1cc(C(c2ccccc2)c2ccccc2)c(N=C2C(=O)c3cccc4cccc2c34)c(C(c2ccccc2)c2ccccc2)c1. The molecule has 0 heterocycles. The summed E-state index contributed by atoms with van der Waals surface area (Å²) in [6.07, 6.45) is 0. The van der Waals surface area contributed by atoms with E-state index in [2.05, 4.69) is 153 Å². The zero-order valence-corrected chi connectivity index (χ0v) is 26.2. The van der Waals surface area contributed by atoms with Crippen LogP contribution in [0, 0.1) is 6.92 Å². The summed E-state index contributed by atoms with van der Waals surface area (Å²) < 4.78 is 0. The Morgan fingerprint density at radius 1 is 0.468 bits per heavy atom. The molecule has 1 aliphatic rings. The van der Waals surface area contributed by atoms with Gasteiger partial charge in [-0.1, -0.05) is 175 Å². The molecule has 0 amide bonds. The average molecular weight is 604 g/mol. The molecule has 0 aromatic heterocycles. The van der Waals surface area contributed by atoms with E-state index in [0.717, 1.165) is 44.3 Å². The second kappa shape index (κ2) is 12.2. The van der Waals surface area contributed by atoms with Crippen molar-refractivity contribution in [3.8, 4) is 0 Å². The van der Waals surface area contributed by atoms with Gasteiger partial charge in [-0.15, -0.1) is 0 Å². The molecular formula is C45H33NO. The molecule has 0 radical (unpaired) electrons. The number of aryl methyl sites for hydroxylation is 1. The van der Waals surface area contributed by atoms with E-state index in [-0.39, 0.29) is 17.6 Å². The molecule has 2 heteroatoms. The van der Waals surface area contributed by atoms with E-state index in [9.17, 15) is 4.79 Å². The number of carbonyl (C=O) groups is 1. The van der Waals surface area contributed by atoms with Gasteiger partial charge in [-0.2, -0.15) is 0 Å². The molecule has 1 aliphatic carbocycles. The van der Waals surface area contributed by atoms with Crippen molar-refractivity contribution in [2.24, 2.45) is 4.99 Å². The van der Waals surface area contributed by atoms with Gasteiger partial charge >= 0.3 is 0 Å². The molecule has 224 valence electrons. The lowest BCUT2D eigenvalue weighted by Crippen LogP contribution is -2.12. The van der Waals surface area contributed by atoms with Crippen molar-refractivity contribution < 1.29 is 4.79 Å². The van der Waals surface area contributed by atoms with Gasteiger partial charge in [-0.3, -0.25) is 4.79 Å². The molecule has 0 bridgehead atoms. The third-order valence-electron chi connectivity index (χ3n) is 9.31. The smallest absolute Gasteiger partial charge is 0.212 e. The fourth-order valence-electron chi connectivity index (χ4n) is 7.29. The number of nitrogens with zero attached hydrogens (tertiary/aromatic N) is 1. The number of ketones is 1. The van der Waals surface area contributed by atoms with Crippen LogP contribution in [0.3, 0.4) is 0 Å². The van der Waals surface area contributed by atoms with Gasteiger partial charge in [0.05, 0.1) is 5.69 Å². The standard InChI is InChI=1S/C45H33NO/c1-30-28-38(40(31-16-6-2-7-17-31)32-18-8-3-9-19-32)43(46-44-36-26-14-24-35-25-15-27-37(42(35)36)45(44)47)39(29-30)41(33-20-10-4-11-21-33)34-22-12-5-13-23-34/h2-29,40-41H,1H3. The predicted molar refractivity (Wildman–Crippen MR) is 193 cm³/mol. The molecule has 0 spiro atoms. The number of rotatable bonds is 7. The Bertz CT molecular complexity index is 2070. The first-order valence-electron chi connectivity index (χ1n) is 16.2. The third kappa shape index (κ3) is 5.18. The molecule has 0 N–H and O–H groups in total. The molecule has 0 saturated carbocycles. The maximum Gasteiger partial charge on any atom is 0.212 e. The number of carbonyl (C=O) groups excluding carboxylic acids is 1. The minimum atomic E-state index is -0.0998. The minimum absolute atomic E-state index is 0.0266. The van der Waals surface area contributed by atoms with E-state index in [1.54, 1.807) is 0 Å². The summed E-state index contributed by atoms with van der Waals surface area (Å²) in [5.41, 5.74) is 11.0. The second-order valence-electron chi connectivity index (χ2n) is 12.3. The van der Waals surface area contributed by atoms with Crippen molar-refractivity contribution in [1.82, 2.24) is 0 Å². The monoisotopic (exact) mass is 603 g/mol. The molecule has 7 aromatic rings. The highest BCUT2D eigenvalue weighted by molar-refractivity contribution is 6.59. The first-order valence-corrected chi connectivity index (χ1v) is 16.2. The lowest BCUT2D eigenvalue weighted by molar-refractivity contribution is 0.107. The van der Waals surface area contributed by atoms with Crippen molar-refractivity contribution in [3.63, 3.8) is 0 Å². The Balaban J connectivity index is 1.48. The van der Waals surface area contributed by atoms with E-state index in [0.29, 0.717) is 5.71 Å². The molecule has 0 fully saturated rings. The number of hydrogen-bond acceptors (Lipinski definition) is 2. The lowest BCUT2D eigenvalue weighted by atomic mass is 9.78. The van der Waals surface area contributed by atoms with Crippen LogP contribution in [0.2, 0.25) is 0 Å². The largest absolute Gasteiger partial charge is 0.287 e. The third-order valence-corrected chi connectivity index (χ3v) is 9.31. The van der Waals surface area contributed by atoms with Crippen LogP contribution in [0.4, 0.5) is 5.69 Å². The summed E-state index contributed by atoms with van der Waals surface area (Å²) >= 11 is 0. The molecule has 0 unspecified atom stereocenters. The van der Waals surface area contributed by atoms with E-state index < -0.39 is 0 Å². The summed E-state index contributed by atoms with van der Waals surface area (Å²) in [7, 11) is 0. The summed E-state index contributed by atoms with van der Waals surface area (Å²) in [6.45, 7) is 2.17. The summed E-state index contributed by atoms with van der Waals surface area (Å²) in [5, 5.41) is 2.04. The molecule has 0 atom stereocenters. The van der Waals surface area contributed by atoms with Gasteiger partial charge in [0.1, 0.15) is 5.71 Å². The highest BCUT2D eigenvalue weighted by atomic mass is 16.1. The molecule has 0 saturated heterocycles. The summed E-state index contributed by atoms with van der Waals surface area (Å²) in [5.74, 6) is -0.226. The molecular weight excluding hydrogens is 571 g/mol. The number of aliphatic imine (C=N–C) groups is 1. The van der Waals surface area contributed by atoms with Crippen LogP contribution in [0.1, 0.15) is 66.7 Å². The maximum atomic E-state index is 14.3. The molecule has 2 nitrogen and oxygen atoms in total. The molecule has 47 heavy (non-hydrogen) atoms. The van der Waals surface area contributed by atoms with Crippen LogP contribution in [0.5, 0.6) is 0 Å². The second-order valence-corrected chi connectivity index (χ2v) is 12.3. The maximum absolute atomic E-state index is 14.3. The Labute approximate surface area is 275 Å². The quantitative estimate of drug-likeness (QED) is 0.167. The van der Waals surface area contributed by atoms with Crippen molar-refractivity contribution in [2.45, 2.75) is 18.8 Å². The predicted octanol–water partition coefficient (Wildman–Crippen LogP) is 10.8. The van der Waals surface area contributed by atoms with Gasteiger partial charge in [0.15, 0.2) is 0 Å². The van der Waals surface area contributed by atoms with Gasteiger partial charge in [-0.05, 0) is 45.7 Å². The van der Waals surface area contributed by atoms with Crippen molar-refractivity contribution in [3.05, 3.63) is 220 Å². The van der Waals surface area contributed by atoms with Crippen molar-refractivity contribution in [1.29, 1.82) is 0 Å². The number of benzene rings is 7. The first-order chi connectivity index (χ1) is 23.2. The fraction of sp³-hybridized carbons (Fsp3) is 0.0667. The Morgan fingerprint density at radius 3 is 1.30 bits per heavy atom. The Hall–Kier alpha value is -5.86. The van der Waals surface area contributed by atoms with Crippen molar-refractivity contribution >= 4 is 28.0 Å². The fourth-order valence-corrected chi connectivity index (χ4v) is 7.29. The van der Waals surface area contributed by atoms with Gasteiger partial charge < -0.3 is 0 Å². The normalized spacial score (nSPS) is 13.3. The Kier molecular flexibility index (Phi) is 7.39. The minimum Gasteiger partial charge on any atom is -0.287 e. The van der Waals surface area contributed by atoms with Crippen LogP contribution in [0.25, 0.3) is 10.8 Å².